The third kappa shape index (κ3) is 4.73. The number of benzene rings is 2. The molecule has 1 fully saturated rings. The second-order valence-electron chi connectivity index (χ2n) is 9.27. The largest absolute Gasteiger partial charge is 0.335 e. The van der Waals surface area contributed by atoms with Gasteiger partial charge >= 0.3 is 5.69 Å². The van der Waals surface area contributed by atoms with Crippen LogP contribution in [0.4, 0.5) is 0 Å². The fraction of sp³-hybridized carbons (Fsp3) is 0.370. The van der Waals surface area contributed by atoms with Crippen LogP contribution in [0.5, 0.6) is 0 Å². The van der Waals surface area contributed by atoms with Crippen LogP contribution in [-0.2, 0) is 13.0 Å². The monoisotopic (exact) mass is 470 g/mol. The van der Waals surface area contributed by atoms with Crippen molar-refractivity contribution in [1.29, 1.82) is 0 Å². The molecule has 35 heavy (non-hydrogen) atoms. The minimum absolute atomic E-state index is 0.0364. The summed E-state index contributed by atoms with van der Waals surface area (Å²) in [4.78, 5) is 26.4. The van der Waals surface area contributed by atoms with Crippen molar-refractivity contribution in [3.8, 4) is 22.5 Å². The molecule has 2 aromatic carbocycles. The Labute approximate surface area is 204 Å². The predicted molar refractivity (Wildman–Crippen MR) is 134 cm³/mol. The number of hydrogen-bond donors (Lipinski definition) is 1. The van der Waals surface area contributed by atoms with Gasteiger partial charge in [-0.25, -0.2) is 14.5 Å². The number of aromatic amines is 1. The van der Waals surface area contributed by atoms with E-state index >= 15 is 0 Å². The molecule has 1 N–H and O–H groups in total. The minimum atomic E-state index is -0.226. The van der Waals surface area contributed by atoms with Crippen LogP contribution in [0.3, 0.4) is 0 Å². The molecule has 8 heteroatoms. The van der Waals surface area contributed by atoms with Crippen LogP contribution < -0.4 is 5.69 Å². The maximum Gasteiger partial charge on any atom is 0.335 e. The van der Waals surface area contributed by atoms with E-state index in [1.165, 1.54) is 11.0 Å². The predicted octanol–water partition coefficient (Wildman–Crippen LogP) is 4.72. The fourth-order valence-electron chi connectivity index (χ4n) is 5.04. The van der Waals surface area contributed by atoms with E-state index in [1.54, 1.807) is 10.8 Å². The summed E-state index contributed by atoms with van der Waals surface area (Å²) in [6.45, 7) is 2.53. The van der Waals surface area contributed by atoms with Crippen molar-refractivity contribution < 1.29 is 4.79 Å². The summed E-state index contributed by atoms with van der Waals surface area (Å²) >= 11 is 0. The van der Waals surface area contributed by atoms with Gasteiger partial charge in [0.25, 0.3) is 0 Å². The van der Waals surface area contributed by atoms with E-state index < -0.39 is 0 Å². The first-order valence-corrected chi connectivity index (χ1v) is 12.4. The zero-order chi connectivity index (χ0) is 24.2. The molecule has 2 heterocycles. The van der Waals surface area contributed by atoms with Crippen molar-refractivity contribution >= 4 is 5.91 Å². The molecule has 4 aromatic rings. The summed E-state index contributed by atoms with van der Waals surface area (Å²) in [5.41, 5.74) is 4.67. The standard InChI is InChI=1S/C27H30N6O2/c1-2-8-22-18-33(26(34)21-9-4-3-5-10-21)27(35)32(22)17-19-13-15-20(16-14-19)23-11-6-7-12-24(23)25-28-30-31-29-25/h6-7,11-16,18,21H,2-5,8-10,17H2,1H3,(H,28,29,30,31). The van der Waals surface area contributed by atoms with Crippen molar-refractivity contribution in [2.75, 3.05) is 0 Å². The van der Waals surface area contributed by atoms with Gasteiger partial charge in [0.15, 0.2) is 5.82 Å². The lowest BCUT2D eigenvalue weighted by Crippen LogP contribution is -2.34. The van der Waals surface area contributed by atoms with E-state index in [1.807, 2.05) is 48.5 Å². The Morgan fingerprint density at radius 1 is 1.03 bits per heavy atom. The van der Waals surface area contributed by atoms with E-state index in [-0.39, 0.29) is 17.5 Å². The molecule has 1 aliphatic rings. The van der Waals surface area contributed by atoms with Crippen LogP contribution in [0.15, 0.2) is 59.5 Å². The van der Waals surface area contributed by atoms with Gasteiger partial charge in [0.05, 0.1) is 6.54 Å². The molecule has 2 aromatic heterocycles. The molecule has 0 unspecified atom stereocenters. The Bertz CT molecular complexity index is 1350. The van der Waals surface area contributed by atoms with Crippen LogP contribution in [-0.4, -0.2) is 35.7 Å². The van der Waals surface area contributed by atoms with Crippen molar-refractivity contribution in [3.05, 3.63) is 76.5 Å². The number of carbonyl (C=O) groups excluding carboxylic acids is 1. The highest BCUT2D eigenvalue weighted by Crippen LogP contribution is 2.30. The van der Waals surface area contributed by atoms with E-state index in [9.17, 15) is 9.59 Å². The second-order valence-corrected chi connectivity index (χ2v) is 9.27. The van der Waals surface area contributed by atoms with Gasteiger partial charge in [0.2, 0.25) is 5.91 Å². The Morgan fingerprint density at radius 2 is 1.77 bits per heavy atom. The molecule has 0 atom stereocenters. The van der Waals surface area contributed by atoms with Gasteiger partial charge in [-0.1, -0.05) is 81.1 Å². The second kappa shape index (κ2) is 10.2. The lowest BCUT2D eigenvalue weighted by atomic mass is 9.88. The average Bonchev–Trinajstić information content (AvgIpc) is 3.54. The third-order valence-corrected chi connectivity index (χ3v) is 6.89. The highest BCUT2D eigenvalue weighted by atomic mass is 16.2. The van der Waals surface area contributed by atoms with Gasteiger partial charge in [0.1, 0.15) is 0 Å². The quantitative estimate of drug-likeness (QED) is 0.421. The minimum Gasteiger partial charge on any atom is -0.292 e. The summed E-state index contributed by atoms with van der Waals surface area (Å²) in [7, 11) is 0. The number of carbonyl (C=O) groups is 1. The molecule has 180 valence electrons. The highest BCUT2D eigenvalue weighted by Gasteiger charge is 2.25. The van der Waals surface area contributed by atoms with Crippen LogP contribution in [0.25, 0.3) is 22.5 Å². The molecule has 0 bridgehead atoms. The molecule has 0 aliphatic heterocycles. The average molecular weight is 471 g/mol. The molecule has 0 spiro atoms. The van der Waals surface area contributed by atoms with E-state index in [2.05, 4.69) is 27.5 Å². The normalized spacial score (nSPS) is 14.3. The summed E-state index contributed by atoms with van der Waals surface area (Å²) < 4.78 is 3.13. The zero-order valence-corrected chi connectivity index (χ0v) is 20.0. The number of H-pyrrole nitrogens is 1. The van der Waals surface area contributed by atoms with Crippen molar-refractivity contribution in [3.63, 3.8) is 0 Å². The Morgan fingerprint density at radius 3 is 2.46 bits per heavy atom. The van der Waals surface area contributed by atoms with Crippen molar-refractivity contribution in [2.45, 2.75) is 58.4 Å². The Balaban J connectivity index is 1.42. The maximum absolute atomic E-state index is 13.3. The van der Waals surface area contributed by atoms with Crippen LogP contribution in [0, 0.1) is 5.92 Å². The Kier molecular flexibility index (Phi) is 6.70. The highest BCUT2D eigenvalue weighted by molar-refractivity contribution is 5.81. The van der Waals surface area contributed by atoms with Gasteiger partial charge in [-0.05, 0) is 46.4 Å². The summed E-state index contributed by atoms with van der Waals surface area (Å²) in [5, 5.41) is 14.3. The SMILES string of the molecule is CCCc1cn(C(=O)C2CCCCC2)c(=O)n1Cc1ccc(-c2ccccc2-c2nnn[nH]2)cc1. The topological polar surface area (TPSA) is 98.5 Å². The smallest absolute Gasteiger partial charge is 0.292 e. The van der Waals surface area contributed by atoms with Gasteiger partial charge in [-0.15, -0.1) is 5.10 Å². The number of imidazole rings is 1. The van der Waals surface area contributed by atoms with Crippen LogP contribution in [0.2, 0.25) is 0 Å². The molecular weight excluding hydrogens is 440 g/mol. The van der Waals surface area contributed by atoms with Crippen LogP contribution >= 0.6 is 0 Å². The molecule has 1 saturated carbocycles. The number of nitrogens with one attached hydrogen (secondary N) is 1. The van der Waals surface area contributed by atoms with Gasteiger partial charge in [-0.3, -0.25) is 9.36 Å². The van der Waals surface area contributed by atoms with Crippen LogP contribution in [0.1, 0.15) is 61.5 Å². The first kappa shape index (κ1) is 23.0. The molecular formula is C27H30N6O2. The lowest BCUT2D eigenvalue weighted by molar-refractivity contribution is 0.0796. The van der Waals surface area contributed by atoms with Gasteiger partial charge in [-0.2, -0.15) is 0 Å². The lowest BCUT2D eigenvalue weighted by Gasteiger charge is -2.19. The molecule has 1 aliphatic carbocycles. The third-order valence-electron chi connectivity index (χ3n) is 6.89. The van der Waals surface area contributed by atoms with Gasteiger partial charge < -0.3 is 0 Å². The number of aryl methyl sites for hydroxylation is 1. The molecule has 5 rings (SSSR count). The van der Waals surface area contributed by atoms with Crippen molar-refractivity contribution in [2.24, 2.45) is 5.92 Å². The fourth-order valence-corrected chi connectivity index (χ4v) is 5.04. The van der Waals surface area contributed by atoms with Gasteiger partial charge in [0, 0.05) is 23.4 Å². The maximum atomic E-state index is 13.3. The number of nitrogens with zero attached hydrogens (tertiary/aromatic N) is 5. The number of hydrogen-bond acceptors (Lipinski definition) is 5. The molecule has 0 saturated heterocycles. The first-order valence-electron chi connectivity index (χ1n) is 12.4. The Hall–Kier alpha value is -3.81. The van der Waals surface area contributed by atoms with Crippen molar-refractivity contribution in [1.82, 2.24) is 29.8 Å². The van der Waals surface area contributed by atoms with E-state index in [0.717, 1.165) is 66.5 Å². The molecule has 0 radical (unpaired) electrons. The summed E-state index contributed by atoms with van der Waals surface area (Å²) in [6.07, 6.45) is 8.52. The first-order chi connectivity index (χ1) is 17.2. The van der Waals surface area contributed by atoms with E-state index in [0.29, 0.717) is 12.4 Å². The summed E-state index contributed by atoms with van der Waals surface area (Å²) in [6, 6.07) is 16.1. The number of aromatic nitrogens is 6. The molecule has 8 nitrogen and oxygen atoms in total. The number of tetrazole rings is 1. The zero-order valence-electron chi connectivity index (χ0n) is 20.0. The number of rotatable bonds is 7. The van der Waals surface area contributed by atoms with E-state index in [4.69, 9.17) is 0 Å². The molecule has 0 amide bonds. The summed E-state index contributed by atoms with van der Waals surface area (Å²) in [5.74, 6) is 0.537.